The minimum absolute atomic E-state index is 0.0221. The molecule has 13 heavy (non-hydrogen) atoms. The Morgan fingerprint density at radius 2 is 2.31 bits per heavy atom. The van der Waals surface area contributed by atoms with Gasteiger partial charge in [0.05, 0.1) is 18.7 Å². The van der Waals surface area contributed by atoms with Gasteiger partial charge in [-0.1, -0.05) is 6.92 Å². The van der Waals surface area contributed by atoms with Gasteiger partial charge in [0.15, 0.2) is 0 Å². The molecule has 4 heteroatoms. The zero-order chi connectivity index (χ0) is 9.94. The van der Waals surface area contributed by atoms with E-state index in [1.165, 1.54) is 0 Å². The van der Waals surface area contributed by atoms with Crippen LogP contribution in [0, 0.1) is 11.3 Å². The van der Waals surface area contributed by atoms with Crippen LogP contribution < -0.4 is 5.32 Å². The molecule has 0 bridgehead atoms. The van der Waals surface area contributed by atoms with Crippen LogP contribution in [0.15, 0.2) is 0 Å². The molecule has 0 fully saturated rings. The average molecular weight is 202 g/mol. The second kappa shape index (κ2) is 9.85. The molecule has 76 valence electrons. The third-order valence-corrected chi connectivity index (χ3v) is 2.58. The van der Waals surface area contributed by atoms with Crippen LogP contribution in [0.4, 0.5) is 0 Å². The van der Waals surface area contributed by atoms with Crippen molar-refractivity contribution in [2.24, 2.45) is 0 Å². The van der Waals surface area contributed by atoms with Gasteiger partial charge < -0.3 is 10.4 Å². The highest BCUT2D eigenvalue weighted by atomic mass is 32.2. The molecule has 0 amide bonds. The van der Waals surface area contributed by atoms with E-state index in [1.54, 1.807) is 11.8 Å². The average Bonchev–Trinajstić information content (AvgIpc) is 2.17. The second-order valence-electron chi connectivity index (χ2n) is 2.76. The second-order valence-corrected chi connectivity index (χ2v) is 3.99. The number of nitrogens with zero attached hydrogens (tertiary/aromatic N) is 1. The molecule has 0 heterocycles. The molecule has 0 aromatic carbocycles. The molecular formula is C9H18N2OS. The smallest absolute Gasteiger partial charge is 0.0960 e. The van der Waals surface area contributed by atoms with Crippen molar-refractivity contribution in [1.29, 1.82) is 5.26 Å². The van der Waals surface area contributed by atoms with Gasteiger partial charge in [0.1, 0.15) is 0 Å². The number of nitrogens with one attached hydrogen (secondary N) is 1. The molecule has 0 aromatic rings. The molecule has 0 aliphatic rings. The van der Waals surface area contributed by atoms with Crippen molar-refractivity contribution >= 4 is 11.8 Å². The standard InChI is InChI=1S/C9H18N2OS/c1-2-4-11-9(8-10)3-6-13-7-5-12/h9,11-12H,2-7H2,1H3. The van der Waals surface area contributed by atoms with E-state index in [0.717, 1.165) is 30.9 Å². The number of hydrogen-bond donors (Lipinski definition) is 2. The van der Waals surface area contributed by atoms with E-state index in [0.29, 0.717) is 0 Å². The van der Waals surface area contributed by atoms with Crippen molar-refractivity contribution in [3.8, 4) is 6.07 Å². The topological polar surface area (TPSA) is 56.0 Å². The Labute approximate surface area is 84.5 Å². The molecule has 0 aromatic heterocycles. The lowest BCUT2D eigenvalue weighted by Crippen LogP contribution is -2.28. The predicted octanol–water partition coefficient (Wildman–Crippen LogP) is 0.994. The molecule has 0 aliphatic heterocycles. The summed E-state index contributed by atoms with van der Waals surface area (Å²) in [5.41, 5.74) is 0. The van der Waals surface area contributed by atoms with Gasteiger partial charge >= 0.3 is 0 Å². The summed E-state index contributed by atoms with van der Waals surface area (Å²) in [6, 6.07) is 2.20. The summed E-state index contributed by atoms with van der Waals surface area (Å²) in [4.78, 5) is 0. The van der Waals surface area contributed by atoms with Crippen LogP contribution in [-0.4, -0.2) is 35.8 Å². The third-order valence-electron chi connectivity index (χ3n) is 1.58. The maximum atomic E-state index is 8.74. The van der Waals surface area contributed by atoms with E-state index < -0.39 is 0 Å². The van der Waals surface area contributed by atoms with Gasteiger partial charge in [0.25, 0.3) is 0 Å². The number of aliphatic hydroxyl groups excluding tert-OH is 1. The molecule has 0 rings (SSSR count). The van der Waals surface area contributed by atoms with E-state index in [9.17, 15) is 0 Å². The summed E-state index contributed by atoms with van der Waals surface area (Å²) < 4.78 is 0. The van der Waals surface area contributed by atoms with Crippen molar-refractivity contribution in [2.45, 2.75) is 25.8 Å². The Balaban J connectivity index is 3.32. The molecule has 1 unspecified atom stereocenters. The largest absolute Gasteiger partial charge is 0.396 e. The van der Waals surface area contributed by atoms with Gasteiger partial charge in [-0.25, -0.2) is 0 Å². The fraction of sp³-hybridized carbons (Fsp3) is 0.889. The molecule has 0 aliphatic carbocycles. The summed E-state index contributed by atoms with van der Waals surface area (Å²) in [6.45, 7) is 3.22. The van der Waals surface area contributed by atoms with Crippen LogP contribution in [0.3, 0.4) is 0 Å². The highest BCUT2D eigenvalue weighted by Gasteiger charge is 2.04. The van der Waals surface area contributed by atoms with E-state index in [-0.39, 0.29) is 12.6 Å². The first-order chi connectivity index (χ1) is 6.35. The normalized spacial score (nSPS) is 12.4. The van der Waals surface area contributed by atoms with E-state index in [1.807, 2.05) is 0 Å². The van der Waals surface area contributed by atoms with Crippen LogP contribution in [0.5, 0.6) is 0 Å². The molecular weight excluding hydrogens is 184 g/mol. The predicted molar refractivity (Wildman–Crippen MR) is 56.7 cm³/mol. The maximum Gasteiger partial charge on any atom is 0.0960 e. The zero-order valence-electron chi connectivity index (χ0n) is 8.12. The van der Waals surface area contributed by atoms with Crippen molar-refractivity contribution in [2.75, 3.05) is 24.7 Å². The van der Waals surface area contributed by atoms with Gasteiger partial charge in [-0.2, -0.15) is 17.0 Å². The summed E-state index contributed by atoms with van der Waals surface area (Å²) in [5.74, 6) is 1.71. The van der Waals surface area contributed by atoms with Crippen molar-refractivity contribution in [1.82, 2.24) is 5.32 Å². The molecule has 0 radical (unpaired) electrons. The molecule has 0 spiro atoms. The summed E-state index contributed by atoms with van der Waals surface area (Å²) in [7, 11) is 0. The Bertz CT molecular complexity index is 147. The van der Waals surface area contributed by atoms with E-state index in [4.69, 9.17) is 10.4 Å². The highest BCUT2D eigenvalue weighted by molar-refractivity contribution is 7.99. The van der Waals surface area contributed by atoms with E-state index >= 15 is 0 Å². The molecule has 1 atom stereocenters. The van der Waals surface area contributed by atoms with Crippen LogP contribution in [0.1, 0.15) is 19.8 Å². The molecule has 0 saturated carbocycles. The monoisotopic (exact) mass is 202 g/mol. The lowest BCUT2D eigenvalue weighted by atomic mass is 10.2. The minimum Gasteiger partial charge on any atom is -0.396 e. The number of aliphatic hydroxyl groups is 1. The van der Waals surface area contributed by atoms with Crippen LogP contribution in [-0.2, 0) is 0 Å². The third kappa shape index (κ3) is 8.10. The summed E-state index contributed by atoms with van der Waals surface area (Å²) in [6.07, 6.45) is 1.92. The van der Waals surface area contributed by atoms with Crippen LogP contribution >= 0.6 is 11.8 Å². The van der Waals surface area contributed by atoms with Crippen molar-refractivity contribution in [3.05, 3.63) is 0 Å². The van der Waals surface area contributed by atoms with Gasteiger partial charge in [-0.05, 0) is 25.1 Å². The first kappa shape index (κ1) is 12.8. The molecule has 3 nitrogen and oxygen atoms in total. The highest BCUT2D eigenvalue weighted by Crippen LogP contribution is 2.03. The maximum absolute atomic E-state index is 8.74. The van der Waals surface area contributed by atoms with Crippen molar-refractivity contribution < 1.29 is 5.11 Å². The van der Waals surface area contributed by atoms with Crippen LogP contribution in [0.25, 0.3) is 0 Å². The van der Waals surface area contributed by atoms with Gasteiger partial charge in [-0.15, -0.1) is 0 Å². The van der Waals surface area contributed by atoms with Crippen molar-refractivity contribution in [3.63, 3.8) is 0 Å². The van der Waals surface area contributed by atoms with Gasteiger partial charge in [0.2, 0.25) is 0 Å². The van der Waals surface area contributed by atoms with E-state index in [2.05, 4.69) is 18.3 Å². The number of hydrogen-bond acceptors (Lipinski definition) is 4. The lowest BCUT2D eigenvalue weighted by Gasteiger charge is -2.09. The lowest BCUT2D eigenvalue weighted by molar-refractivity contribution is 0.322. The van der Waals surface area contributed by atoms with Gasteiger partial charge in [-0.3, -0.25) is 0 Å². The Kier molecular flexibility index (Phi) is 9.66. The summed E-state index contributed by atoms with van der Waals surface area (Å²) >= 11 is 1.69. The number of nitriles is 1. The first-order valence-electron chi connectivity index (χ1n) is 4.66. The quantitative estimate of drug-likeness (QED) is 0.576. The first-order valence-corrected chi connectivity index (χ1v) is 5.82. The number of thioether (sulfide) groups is 1. The Morgan fingerprint density at radius 3 is 2.85 bits per heavy atom. The molecule has 0 saturated heterocycles. The Hall–Kier alpha value is -0.240. The number of rotatable bonds is 8. The van der Waals surface area contributed by atoms with Gasteiger partial charge in [0, 0.05) is 5.75 Å². The Morgan fingerprint density at radius 1 is 1.54 bits per heavy atom. The van der Waals surface area contributed by atoms with Crippen LogP contribution in [0.2, 0.25) is 0 Å². The minimum atomic E-state index is -0.0221. The fourth-order valence-electron chi connectivity index (χ4n) is 0.899. The SMILES string of the molecule is CCCNC(C#N)CCSCCO. The molecule has 2 N–H and O–H groups in total. The fourth-order valence-corrected chi connectivity index (χ4v) is 1.63. The zero-order valence-corrected chi connectivity index (χ0v) is 8.94. The summed E-state index contributed by atoms with van der Waals surface area (Å²) in [5, 5.41) is 20.4.